The van der Waals surface area contributed by atoms with E-state index >= 15 is 0 Å². The lowest BCUT2D eigenvalue weighted by molar-refractivity contribution is -0.122. The number of rotatable bonds is 7. The summed E-state index contributed by atoms with van der Waals surface area (Å²) in [7, 11) is 1.57. The van der Waals surface area contributed by atoms with Gasteiger partial charge in [0.25, 0.3) is 0 Å². The summed E-state index contributed by atoms with van der Waals surface area (Å²) in [6.45, 7) is 3.85. The maximum absolute atomic E-state index is 11.8. The molecule has 0 radical (unpaired) electrons. The van der Waals surface area contributed by atoms with E-state index < -0.39 is 0 Å². The van der Waals surface area contributed by atoms with Crippen molar-refractivity contribution in [1.82, 2.24) is 5.32 Å². The van der Waals surface area contributed by atoms with Crippen LogP contribution in [0.2, 0.25) is 5.02 Å². The van der Waals surface area contributed by atoms with E-state index in [1.54, 1.807) is 13.2 Å². The van der Waals surface area contributed by atoms with E-state index in [9.17, 15) is 4.79 Å². The molecule has 0 heterocycles. The van der Waals surface area contributed by atoms with E-state index in [1.807, 2.05) is 26.0 Å². The second-order valence-corrected chi connectivity index (χ2v) is 5.39. The van der Waals surface area contributed by atoms with E-state index in [0.717, 1.165) is 5.56 Å². The zero-order chi connectivity index (χ0) is 15.1. The number of aliphatic hydroxyl groups excluding tert-OH is 1. The molecule has 1 aromatic carbocycles. The van der Waals surface area contributed by atoms with Crippen LogP contribution in [0.4, 0.5) is 0 Å². The van der Waals surface area contributed by atoms with E-state index in [-0.39, 0.29) is 24.5 Å². The summed E-state index contributed by atoms with van der Waals surface area (Å²) < 4.78 is 5.08. The van der Waals surface area contributed by atoms with Crippen LogP contribution < -0.4 is 10.1 Å². The fourth-order valence-corrected chi connectivity index (χ4v) is 2.03. The highest BCUT2D eigenvalue weighted by molar-refractivity contribution is 6.32. The number of benzene rings is 1. The normalized spacial score (nSPS) is 13.7. The number of carbonyl (C=O) groups is 1. The van der Waals surface area contributed by atoms with Gasteiger partial charge in [0.15, 0.2) is 0 Å². The van der Waals surface area contributed by atoms with Crippen molar-refractivity contribution < 1.29 is 14.6 Å². The standard InChI is InChI=1S/C15H22ClNO3/c1-10(9-18)11(2)17-15(19)7-5-12-4-6-14(20-3)13(16)8-12/h4,6,8,10-11,18H,5,7,9H2,1-3H3,(H,17,19). The predicted molar refractivity (Wildman–Crippen MR) is 80.2 cm³/mol. The van der Waals surface area contributed by atoms with Crippen molar-refractivity contribution in [3.63, 3.8) is 0 Å². The summed E-state index contributed by atoms with van der Waals surface area (Å²) in [5.74, 6) is 0.657. The molecule has 112 valence electrons. The van der Waals surface area contributed by atoms with Crippen LogP contribution in [0.15, 0.2) is 18.2 Å². The van der Waals surface area contributed by atoms with E-state index in [2.05, 4.69) is 5.32 Å². The highest BCUT2D eigenvalue weighted by atomic mass is 35.5. The van der Waals surface area contributed by atoms with E-state index in [1.165, 1.54) is 0 Å². The Hall–Kier alpha value is -1.26. The van der Waals surface area contributed by atoms with Gasteiger partial charge in [0.1, 0.15) is 5.75 Å². The summed E-state index contributed by atoms with van der Waals surface area (Å²) in [5.41, 5.74) is 0.994. The zero-order valence-corrected chi connectivity index (χ0v) is 12.9. The highest BCUT2D eigenvalue weighted by Crippen LogP contribution is 2.25. The van der Waals surface area contributed by atoms with Gasteiger partial charge >= 0.3 is 0 Å². The number of carbonyl (C=O) groups excluding carboxylic acids is 1. The Balaban J connectivity index is 2.47. The Morgan fingerprint density at radius 3 is 2.70 bits per heavy atom. The minimum atomic E-state index is -0.0352. The van der Waals surface area contributed by atoms with Gasteiger partial charge in [-0.3, -0.25) is 4.79 Å². The molecule has 0 aromatic heterocycles. The lowest BCUT2D eigenvalue weighted by Crippen LogP contribution is -2.38. The molecule has 4 nitrogen and oxygen atoms in total. The second kappa shape index (κ2) is 8.12. The van der Waals surface area contributed by atoms with Crippen molar-refractivity contribution in [2.75, 3.05) is 13.7 Å². The third-order valence-corrected chi connectivity index (χ3v) is 3.68. The molecule has 0 spiro atoms. The SMILES string of the molecule is COc1ccc(CCC(=O)NC(C)C(C)CO)cc1Cl. The summed E-state index contributed by atoms with van der Waals surface area (Å²) in [5, 5.41) is 12.5. The van der Waals surface area contributed by atoms with Crippen LogP contribution in [0.25, 0.3) is 0 Å². The van der Waals surface area contributed by atoms with Crippen LogP contribution >= 0.6 is 11.6 Å². The molecule has 0 fully saturated rings. The van der Waals surface area contributed by atoms with E-state index in [4.69, 9.17) is 21.4 Å². The molecule has 20 heavy (non-hydrogen) atoms. The summed E-state index contributed by atoms with van der Waals surface area (Å²) in [4.78, 5) is 11.8. The Bertz CT molecular complexity index is 451. The lowest BCUT2D eigenvalue weighted by Gasteiger charge is -2.19. The van der Waals surface area contributed by atoms with Gasteiger partial charge in [-0.2, -0.15) is 0 Å². The van der Waals surface area contributed by atoms with Crippen LogP contribution in [-0.4, -0.2) is 30.8 Å². The number of aryl methyl sites for hydroxylation is 1. The Morgan fingerprint density at radius 2 is 2.15 bits per heavy atom. The fourth-order valence-electron chi connectivity index (χ4n) is 1.75. The quantitative estimate of drug-likeness (QED) is 0.813. The lowest BCUT2D eigenvalue weighted by atomic mass is 10.0. The molecule has 2 N–H and O–H groups in total. The van der Waals surface area contributed by atoms with Crippen LogP contribution in [0.5, 0.6) is 5.75 Å². The molecule has 2 atom stereocenters. The van der Waals surface area contributed by atoms with Gasteiger partial charge < -0.3 is 15.2 Å². The van der Waals surface area contributed by atoms with Crippen molar-refractivity contribution in [1.29, 1.82) is 0 Å². The largest absolute Gasteiger partial charge is 0.495 e. The number of methoxy groups -OCH3 is 1. The van der Waals surface area contributed by atoms with Crippen molar-refractivity contribution >= 4 is 17.5 Å². The van der Waals surface area contributed by atoms with Crippen molar-refractivity contribution in [2.45, 2.75) is 32.7 Å². The molecular formula is C15H22ClNO3. The maximum Gasteiger partial charge on any atom is 0.220 e. The summed E-state index contributed by atoms with van der Waals surface area (Å²) in [6, 6.07) is 5.48. The van der Waals surface area contributed by atoms with Crippen LogP contribution in [-0.2, 0) is 11.2 Å². The third kappa shape index (κ3) is 5.02. The average molecular weight is 300 g/mol. The Labute approximate surface area is 125 Å². The summed E-state index contributed by atoms with van der Waals surface area (Å²) in [6.07, 6.45) is 1.01. The molecule has 1 rings (SSSR count). The molecule has 0 aliphatic rings. The smallest absolute Gasteiger partial charge is 0.220 e. The van der Waals surface area contributed by atoms with Gasteiger partial charge in [0, 0.05) is 19.1 Å². The zero-order valence-electron chi connectivity index (χ0n) is 12.1. The van der Waals surface area contributed by atoms with Gasteiger partial charge in [-0.1, -0.05) is 24.6 Å². The van der Waals surface area contributed by atoms with Crippen molar-refractivity contribution in [3.05, 3.63) is 28.8 Å². The van der Waals surface area contributed by atoms with Gasteiger partial charge in [-0.15, -0.1) is 0 Å². The summed E-state index contributed by atoms with van der Waals surface area (Å²) >= 11 is 6.04. The molecular weight excluding hydrogens is 278 g/mol. The first kappa shape index (κ1) is 16.8. The molecule has 0 aliphatic heterocycles. The topological polar surface area (TPSA) is 58.6 Å². The highest BCUT2D eigenvalue weighted by Gasteiger charge is 2.13. The van der Waals surface area contributed by atoms with Gasteiger partial charge in [0.05, 0.1) is 12.1 Å². The molecule has 0 aliphatic carbocycles. The minimum absolute atomic E-state index is 0.0234. The number of aliphatic hydroxyl groups is 1. The molecule has 1 amide bonds. The molecule has 1 aromatic rings. The Kier molecular flexibility index (Phi) is 6.82. The molecule has 2 unspecified atom stereocenters. The predicted octanol–water partition coefficient (Wildman–Crippen LogP) is 2.41. The molecule has 5 heteroatoms. The number of hydrogen-bond donors (Lipinski definition) is 2. The van der Waals surface area contributed by atoms with E-state index in [0.29, 0.717) is 23.6 Å². The van der Waals surface area contributed by atoms with Crippen LogP contribution in [0.3, 0.4) is 0 Å². The number of hydrogen-bond acceptors (Lipinski definition) is 3. The molecule has 0 saturated heterocycles. The second-order valence-electron chi connectivity index (χ2n) is 4.98. The number of halogens is 1. The van der Waals surface area contributed by atoms with Crippen molar-refractivity contribution in [2.24, 2.45) is 5.92 Å². The first-order chi connectivity index (χ1) is 9.47. The maximum atomic E-state index is 11.8. The minimum Gasteiger partial charge on any atom is -0.495 e. The van der Waals surface area contributed by atoms with Gasteiger partial charge in [-0.25, -0.2) is 0 Å². The third-order valence-electron chi connectivity index (χ3n) is 3.39. The number of amides is 1. The van der Waals surface area contributed by atoms with Gasteiger partial charge in [-0.05, 0) is 37.0 Å². The van der Waals surface area contributed by atoms with Crippen LogP contribution in [0, 0.1) is 5.92 Å². The van der Waals surface area contributed by atoms with Crippen molar-refractivity contribution in [3.8, 4) is 5.75 Å². The monoisotopic (exact) mass is 299 g/mol. The number of nitrogens with one attached hydrogen (secondary N) is 1. The van der Waals surface area contributed by atoms with Gasteiger partial charge in [0.2, 0.25) is 5.91 Å². The fraction of sp³-hybridized carbons (Fsp3) is 0.533. The molecule has 0 saturated carbocycles. The number of ether oxygens (including phenoxy) is 1. The molecule has 0 bridgehead atoms. The van der Waals surface area contributed by atoms with Crippen LogP contribution in [0.1, 0.15) is 25.8 Å². The first-order valence-corrected chi connectivity index (χ1v) is 7.08. The average Bonchev–Trinajstić information content (AvgIpc) is 2.44. The first-order valence-electron chi connectivity index (χ1n) is 6.70. The Morgan fingerprint density at radius 1 is 1.45 bits per heavy atom.